The van der Waals surface area contributed by atoms with Gasteiger partial charge in [-0.1, -0.05) is 61.4 Å². The number of aromatic nitrogens is 2. The average molecular weight is 281 g/mol. The molecule has 2 rings (SSSR count). The Morgan fingerprint density at radius 1 is 1.17 bits per heavy atom. The van der Waals surface area contributed by atoms with Gasteiger partial charge in [-0.3, -0.25) is 0 Å². The third kappa shape index (κ3) is 3.53. The van der Waals surface area contributed by atoms with Crippen molar-refractivity contribution in [3.63, 3.8) is 0 Å². The van der Waals surface area contributed by atoms with Crippen molar-refractivity contribution >= 4 is 22.9 Å². The van der Waals surface area contributed by atoms with Crippen LogP contribution < -0.4 is 0 Å². The predicted octanol–water partition coefficient (Wildman–Crippen LogP) is 4.60. The Balaban J connectivity index is 2.01. The molecule has 96 valence electrons. The number of hydrogen-bond acceptors (Lipinski definition) is 3. The first-order valence-electron chi connectivity index (χ1n) is 6.32. The summed E-state index contributed by atoms with van der Waals surface area (Å²) in [6.07, 6.45) is 4.68. The second-order valence-electron chi connectivity index (χ2n) is 4.26. The van der Waals surface area contributed by atoms with Crippen molar-refractivity contribution in [2.75, 3.05) is 0 Å². The highest BCUT2D eigenvalue weighted by molar-refractivity contribution is 7.11. The Hall–Kier alpha value is -0.930. The molecule has 1 atom stereocenters. The molecule has 0 radical (unpaired) electrons. The standard InChI is InChI=1S/C14H17ClN2S/c1-2-3-5-10-12-16-17-14(18-12)13(15)11-8-6-4-7-9-11/h4,6-9,13H,2-3,5,10H2,1H3. The maximum absolute atomic E-state index is 6.41. The van der Waals surface area contributed by atoms with Crippen LogP contribution in [0.4, 0.5) is 0 Å². The molecule has 1 unspecified atom stereocenters. The second kappa shape index (κ2) is 6.86. The summed E-state index contributed by atoms with van der Waals surface area (Å²) in [5, 5.41) is 10.2. The lowest BCUT2D eigenvalue weighted by Gasteiger charge is -2.04. The zero-order valence-corrected chi connectivity index (χ0v) is 12.0. The SMILES string of the molecule is CCCCCc1nnc(C(Cl)c2ccccc2)s1. The zero-order valence-electron chi connectivity index (χ0n) is 10.5. The van der Waals surface area contributed by atoms with E-state index in [0.717, 1.165) is 22.0 Å². The summed E-state index contributed by atoms with van der Waals surface area (Å²) in [7, 11) is 0. The molecule has 0 aliphatic rings. The molecular weight excluding hydrogens is 264 g/mol. The molecule has 1 heterocycles. The number of benzene rings is 1. The highest BCUT2D eigenvalue weighted by Gasteiger charge is 2.15. The molecule has 18 heavy (non-hydrogen) atoms. The summed E-state index contributed by atoms with van der Waals surface area (Å²) in [5.74, 6) is 0. The van der Waals surface area contributed by atoms with Crippen LogP contribution in [0.3, 0.4) is 0 Å². The summed E-state index contributed by atoms with van der Waals surface area (Å²) in [4.78, 5) is 0. The Labute approximate surface area is 117 Å². The molecule has 0 aliphatic carbocycles. The maximum atomic E-state index is 6.41. The van der Waals surface area contributed by atoms with Crippen LogP contribution in [0.1, 0.15) is 47.1 Å². The summed E-state index contributed by atoms with van der Waals surface area (Å²) in [6, 6.07) is 10.0. The fourth-order valence-electron chi connectivity index (χ4n) is 1.76. The van der Waals surface area contributed by atoms with E-state index in [9.17, 15) is 0 Å². The first kappa shape index (κ1) is 13.5. The van der Waals surface area contributed by atoms with Crippen molar-refractivity contribution in [3.8, 4) is 0 Å². The molecule has 0 aliphatic heterocycles. The first-order valence-corrected chi connectivity index (χ1v) is 7.58. The van der Waals surface area contributed by atoms with E-state index in [1.54, 1.807) is 11.3 Å². The zero-order chi connectivity index (χ0) is 12.8. The lowest BCUT2D eigenvalue weighted by molar-refractivity contribution is 0.709. The van der Waals surface area contributed by atoms with Crippen molar-refractivity contribution < 1.29 is 0 Å². The summed E-state index contributed by atoms with van der Waals surface area (Å²) < 4.78 is 0. The molecule has 1 aromatic carbocycles. The van der Waals surface area contributed by atoms with Crippen molar-refractivity contribution in [1.82, 2.24) is 10.2 Å². The highest BCUT2D eigenvalue weighted by Crippen LogP contribution is 2.30. The Morgan fingerprint density at radius 3 is 2.67 bits per heavy atom. The lowest BCUT2D eigenvalue weighted by Crippen LogP contribution is -1.91. The Morgan fingerprint density at radius 2 is 1.94 bits per heavy atom. The van der Waals surface area contributed by atoms with Gasteiger partial charge < -0.3 is 0 Å². The molecule has 0 saturated carbocycles. The number of halogens is 1. The maximum Gasteiger partial charge on any atom is 0.139 e. The third-order valence-electron chi connectivity index (χ3n) is 2.79. The van der Waals surface area contributed by atoms with Gasteiger partial charge in [-0.25, -0.2) is 0 Å². The van der Waals surface area contributed by atoms with E-state index >= 15 is 0 Å². The molecule has 0 bridgehead atoms. The molecule has 0 saturated heterocycles. The van der Waals surface area contributed by atoms with E-state index in [2.05, 4.69) is 17.1 Å². The van der Waals surface area contributed by atoms with Gasteiger partial charge in [-0.05, 0) is 12.0 Å². The number of rotatable bonds is 6. The van der Waals surface area contributed by atoms with Crippen molar-refractivity contribution in [2.24, 2.45) is 0 Å². The predicted molar refractivity (Wildman–Crippen MR) is 77.3 cm³/mol. The quantitative estimate of drug-likeness (QED) is 0.571. The minimum absolute atomic E-state index is 0.177. The van der Waals surface area contributed by atoms with Gasteiger partial charge in [0.1, 0.15) is 15.4 Å². The van der Waals surface area contributed by atoms with E-state index < -0.39 is 0 Å². The molecular formula is C14H17ClN2S. The fourth-order valence-corrected chi connectivity index (χ4v) is 2.97. The highest BCUT2D eigenvalue weighted by atomic mass is 35.5. The van der Waals surface area contributed by atoms with Crippen LogP contribution in [0.25, 0.3) is 0 Å². The molecule has 0 N–H and O–H groups in total. The molecule has 2 aromatic rings. The van der Waals surface area contributed by atoms with Crippen LogP contribution in [-0.4, -0.2) is 10.2 Å². The fraction of sp³-hybridized carbons (Fsp3) is 0.429. The summed E-state index contributed by atoms with van der Waals surface area (Å²) >= 11 is 8.05. The minimum Gasteiger partial charge on any atom is -0.143 e. The van der Waals surface area contributed by atoms with Crippen LogP contribution in [0.5, 0.6) is 0 Å². The van der Waals surface area contributed by atoms with Gasteiger partial charge in [-0.15, -0.1) is 21.8 Å². The topological polar surface area (TPSA) is 25.8 Å². The molecule has 2 nitrogen and oxygen atoms in total. The molecule has 4 heteroatoms. The van der Waals surface area contributed by atoms with Crippen LogP contribution in [0, 0.1) is 0 Å². The normalized spacial score (nSPS) is 12.6. The van der Waals surface area contributed by atoms with Gasteiger partial charge in [0.2, 0.25) is 0 Å². The molecule has 0 fully saturated rings. The van der Waals surface area contributed by atoms with E-state index in [1.165, 1.54) is 19.3 Å². The lowest BCUT2D eigenvalue weighted by atomic mass is 10.1. The van der Waals surface area contributed by atoms with Crippen LogP contribution in [0.2, 0.25) is 0 Å². The van der Waals surface area contributed by atoms with E-state index in [0.29, 0.717) is 0 Å². The van der Waals surface area contributed by atoms with Crippen LogP contribution in [-0.2, 0) is 6.42 Å². The van der Waals surface area contributed by atoms with Gasteiger partial charge in [0.25, 0.3) is 0 Å². The Kier molecular flexibility index (Phi) is 5.14. The molecule has 0 spiro atoms. The summed E-state index contributed by atoms with van der Waals surface area (Å²) in [6.45, 7) is 2.20. The van der Waals surface area contributed by atoms with Crippen LogP contribution in [0.15, 0.2) is 30.3 Å². The number of hydrogen-bond donors (Lipinski definition) is 0. The monoisotopic (exact) mass is 280 g/mol. The van der Waals surface area contributed by atoms with Gasteiger partial charge in [0.05, 0.1) is 0 Å². The van der Waals surface area contributed by atoms with Crippen molar-refractivity contribution in [2.45, 2.75) is 38.0 Å². The number of aryl methyl sites for hydroxylation is 1. The summed E-state index contributed by atoms with van der Waals surface area (Å²) in [5.41, 5.74) is 1.08. The number of alkyl halides is 1. The van der Waals surface area contributed by atoms with E-state index in [4.69, 9.17) is 11.6 Å². The molecule has 1 aromatic heterocycles. The molecule has 0 amide bonds. The third-order valence-corrected chi connectivity index (χ3v) is 4.42. The van der Waals surface area contributed by atoms with E-state index in [-0.39, 0.29) is 5.38 Å². The van der Waals surface area contributed by atoms with Crippen molar-refractivity contribution in [3.05, 3.63) is 45.9 Å². The van der Waals surface area contributed by atoms with Crippen LogP contribution >= 0.6 is 22.9 Å². The Bertz CT molecular complexity index is 470. The minimum atomic E-state index is -0.177. The number of unbranched alkanes of at least 4 members (excludes halogenated alkanes) is 2. The van der Waals surface area contributed by atoms with E-state index in [1.807, 2.05) is 30.3 Å². The van der Waals surface area contributed by atoms with Gasteiger partial charge in [0, 0.05) is 6.42 Å². The van der Waals surface area contributed by atoms with Crippen molar-refractivity contribution in [1.29, 1.82) is 0 Å². The van der Waals surface area contributed by atoms with Gasteiger partial charge >= 0.3 is 0 Å². The largest absolute Gasteiger partial charge is 0.143 e. The van der Waals surface area contributed by atoms with Gasteiger partial charge in [-0.2, -0.15) is 0 Å². The van der Waals surface area contributed by atoms with Gasteiger partial charge in [0.15, 0.2) is 0 Å². The average Bonchev–Trinajstić information content (AvgIpc) is 2.88. The smallest absolute Gasteiger partial charge is 0.139 e. The second-order valence-corrected chi connectivity index (χ2v) is 5.79. The number of nitrogens with zero attached hydrogens (tertiary/aromatic N) is 2. The first-order chi connectivity index (χ1) is 8.81.